The molecule has 4 N–H and O–H groups in total. The number of halogens is 1. The highest BCUT2D eigenvalue weighted by molar-refractivity contribution is 5.85. The van der Waals surface area contributed by atoms with Crippen molar-refractivity contribution in [2.45, 2.75) is 25.8 Å². The molecule has 1 unspecified atom stereocenters. The number of rotatable bonds is 5. The molecule has 0 radical (unpaired) electrons. The van der Waals surface area contributed by atoms with Crippen molar-refractivity contribution in [3.63, 3.8) is 0 Å². The van der Waals surface area contributed by atoms with Crippen molar-refractivity contribution < 1.29 is 14.3 Å². The van der Waals surface area contributed by atoms with Crippen molar-refractivity contribution in [2.75, 3.05) is 6.61 Å². The summed E-state index contributed by atoms with van der Waals surface area (Å²) in [5, 5.41) is 0. The number of carbonyl (C=O) groups is 2. The van der Waals surface area contributed by atoms with Crippen LogP contribution in [0.1, 0.15) is 19.8 Å². The molecule has 0 aromatic heterocycles. The van der Waals surface area contributed by atoms with E-state index in [0.29, 0.717) is 6.61 Å². The molecule has 0 aliphatic carbocycles. The Hall–Kier alpha value is -0.810. The predicted octanol–water partition coefficient (Wildman–Crippen LogP) is -0.436. The van der Waals surface area contributed by atoms with Gasteiger partial charge < -0.3 is 16.2 Å². The highest BCUT2D eigenvalue weighted by Gasteiger charge is 2.14. The average Bonchev–Trinajstić information content (AvgIpc) is 2.00. The summed E-state index contributed by atoms with van der Waals surface area (Å²) in [5.41, 5.74) is 10.2. The summed E-state index contributed by atoms with van der Waals surface area (Å²) in [6, 6.07) is -0.738. The summed E-state index contributed by atoms with van der Waals surface area (Å²) >= 11 is 0. The fraction of sp³-hybridized carbons (Fsp3) is 0.714. The summed E-state index contributed by atoms with van der Waals surface area (Å²) in [6.07, 6.45) is 0.355. The quantitative estimate of drug-likeness (QED) is 0.602. The Morgan fingerprint density at radius 1 is 1.46 bits per heavy atom. The molecule has 5 nitrogen and oxygen atoms in total. The lowest BCUT2D eigenvalue weighted by Gasteiger charge is -2.08. The Kier molecular flexibility index (Phi) is 8.84. The number of ether oxygens (including phenoxy) is 1. The van der Waals surface area contributed by atoms with Crippen molar-refractivity contribution in [1.29, 1.82) is 0 Å². The first-order chi connectivity index (χ1) is 5.57. The second-order valence-corrected chi connectivity index (χ2v) is 2.36. The zero-order valence-electron chi connectivity index (χ0n) is 7.49. The van der Waals surface area contributed by atoms with Crippen LogP contribution < -0.4 is 11.5 Å². The zero-order valence-corrected chi connectivity index (χ0v) is 8.30. The van der Waals surface area contributed by atoms with Crippen LogP contribution in [0, 0.1) is 0 Å². The second-order valence-electron chi connectivity index (χ2n) is 2.36. The first-order valence-corrected chi connectivity index (χ1v) is 3.78. The molecule has 0 heterocycles. The lowest BCUT2D eigenvalue weighted by Crippen LogP contribution is -2.33. The average molecular weight is 211 g/mol. The first-order valence-electron chi connectivity index (χ1n) is 3.78. The summed E-state index contributed by atoms with van der Waals surface area (Å²) in [4.78, 5) is 21.2. The highest BCUT2D eigenvalue weighted by atomic mass is 35.5. The van der Waals surface area contributed by atoms with Gasteiger partial charge in [-0.2, -0.15) is 0 Å². The third kappa shape index (κ3) is 7.55. The molecule has 0 fully saturated rings. The number of hydrogen-bond acceptors (Lipinski definition) is 4. The van der Waals surface area contributed by atoms with E-state index in [2.05, 4.69) is 4.74 Å². The Labute approximate surface area is 83.2 Å². The van der Waals surface area contributed by atoms with Crippen molar-refractivity contribution in [3.05, 3.63) is 0 Å². The molecular weight excluding hydrogens is 196 g/mol. The van der Waals surface area contributed by atoms with Crippen LogP contribution in [-0.4, -0.2) is 24.5 Å². The molecule has 0 aliphatic rings. The maximum atomic E-state index is 10.9. The van der Waals surface area contributed by atoms with E-state index >= 15 is 0 Å². The minimum atomic E-state index is -0.738. The SMILES string of the molecule is CCOC(=O)C(N)CCC(N)=O.Cl. The standard InChI is InChI=1S/C7H14N2O3.ClH/c1-2-12-7(11)5(8)3-4-6(9)10;/h5H,2-4,8H2,1H3,(H2,9,10);1H. The Bertz CT molecular complexity index is 175. The first kappa shape index (κ1) is 14.7. The van der Waals surface area contributed by atoms with E-state index in [4.69, 9.17) is 11.5 Å². The second kappa shape index (κ2) is 7.82. The molecule has 0 aromatic rings. The van der Waals surface area contributed by atoms with Crippen LogP contribution in [-0.2, 0) is 14.3 Å². The molecule has 0 spiro atoms. The molecule has 1 amide bonds. The van der Waals surface area contributed by atoms with Gasteiger partial charge in [0.05, 0.1) is 6.61 Å². The fourth-order valence-corrected chi connectivity index (χ4v) is 0.665. The lowest BCUT2D eigenvalue weighted by atomic mass is 10.1. The van der Waals surface area contributed by atoms with Gasteiger partial charge in [-0.25, -0.2) is 0 Å². The Morgan fingerprint density at radius 2 is 2.00 bits per heavy atom. The van der Waals surface area contributed by atoms with Crippen molar-refractivity contribution in [1.82, 2.24) is 0 Å². The van der Waals surface area contributed by atoms with Crippen LogP contribution in [0.4, 0.5) is 0 Å². The van der Waals surface area contributed by atoms with Crippen molar-refractivity contribution >= 4 is 24.3 Å². The van der Waals surface area contributed by atoms with Gasteiger partial charge in [0, 0.05) is 6.42 Å². The van der Waals surface area contributed by atoms with Gasteiger partial charge >= 0.3 is 5.97 Å². The van der Waals surface area contributed by atoms with Crippen LogP contribution in [0.5, 0.6) is 0 Å². The molecule has 0 bridgehead atoms. The van der Waals surface area contributed by atoms with E-state index in [1.165, 1.54) is 0 Å². The number of hydrogen-bond donors (Lipinski definition) is 2. The normalized spacial score (nSPS) is 11.2. The maximum Gasteiger partial charge on any atom is 0.322 e. The van der Waals surface area contributed by atoms with Gasteiger partial charge in [-0.15, -0.1) is 12.4 Å². The topological polar surface area (TPSA) is 95.4 Å². The number of carbonyl (C=O) groups excluding carboxylic acids is 2. The smallest absolute Gasteiger partial charge is 0.322 e. The molecule has 1 atom stereocenters. The van der Waals surface area contributed by atoms with Gasteiger partial charge in [0.15, 0.2) is 0 Å². The number of esters is 1. The molecule has 0 aliphatic heterocycles. The van der Waals surface area contributed by atoms with Gasteiger partial charge in [0.25, 0.3) is 0 Å². The zero-order chi connectivity index (χ0) is 9.56. The molecule has 0 saturated carbocycles. The van der Waals surface area contributed by atoms with Crippen LogP contribution in [0.25, 0.3) is 0 Å². The highest BCUT2D eigenvalue weighted by Crippen LogP contribution is 1.95. The molecule has 13 heavy (non-hydrogen) atoms. The van der Waals surface area contributed by atoms with E-state index in [9.17, 15) is 9.59 Å². The van der Waals surface area contributed by atoms with Crippen LogP contribution in [0.15, 0.2) is 0 Å². The van der Waals surface area contributed by atoms with E-state index in [0.717, 1.165) is 0 Å². The van der Waals surface area contributed by atoms with Crippen molar-refractivity contribution in [3.8, 4) is 0 Å². The van der Waals surface area contributed by atoms with Gasteiger partial charge in [-0.3, -0.25) is 9.59 Å². The number of primary amides is 1. The van der Waals surface area contributed by atoms with Gasteiger partial charge in [-0.1, -0.05) is 0 Å². The molecular formula is C7H15ClN2O3. The van der Waals surface area contributed by atoms with Gasteiger partial charge in [0.2, 0.25) is 5.91 Å². The monoisotopic (exact) mass is 210 g/mol. The van der Waals surface area contributed by atoms with E-state index < -0.39 is 17.9 Å². The van der Waals surface area contributed by atoms with Crippen LogP contribution in [0.3, 0.4) is 0 Å². The summed E-state index contributed by atoms with van der Waals surface area (Å²) < 4.78 is 4.62. The lowest BCUT2D eigenvalue weighted by molar-refractivity contribution is -0.144. The third-order valence-corrected chi connectivity index (χ3v) is 1.29. The maximum absolute atomic E-state index is 10.9. The summed E-state index contributed by atoms with van der Waals surface area (Å²) in [7, 11) is 0. The fourth-order valence-electron chi connectivity index (χ4n) is 0.665. The van der Waals surface area contributed by atoms with E-state index in [-0.39, 0.29) is 25.2 Å². The van der Waals surface area contributed by atoms with Crippen LogP contribution in [0.2, 0.25) is 0 Å². The molecule has 78 valence electrons. The van der Waals surface area contributed by atoms with Gasteiger partial charge in [-0.05, 0) is 13.3 Å². The van der Waals surface area contributed by atoms with E-state index in [1.807, 2.05) is 0 Å². The Balaban J connectivity index is 0. The number of nitrogens with two attached hydrogens (primary N) is 2. The van der Waals surface area contributed by atoms with Crippen molar-refractivity contribution in [2.24, 2.45) is 11.5 Å². The Morgan fingerprint density at radius 3 is 2.38 bits per heavy atom. The molecule has 0 rings (SSSR count). The number of amides is 1. The molecule has 0 saturated heterocycles. The molecule has 0 aromatic carbocycles. The largest absolute Gasteiger partial charge is 0.465 e. The van der Waals surface area contributed by atoms with Gasteiger partial charge in [0.1, 0.15) is 6.04 Å². The molecule has 6 heteroatoms. The minimum Gasteiger partial charge on any atom is -0.465 e. The predicted molar refractivity (Wildman–Crippen MR) is 50.3 cm³/mol. The van der Waals surface area contributed by atoms with E-state index in [1.54, 1.807) is 6.92 Å². The van der Waals surface area contributed by atoms with Crippen LogP contribution >= 0.6 is 12.4 Å². The third-order valence-electron chi connectivity index (χ3n) is 1.29. The minimum absolute atomic E-state index is 0. The summed E-state index contributed by atoms with van der Waals surface area (Å²) in [5.74, 6) is -0.950. The summed E-state index contributed by atoms with van der Waals surface area (Å²) in [6.45, 7) is 1.99.